The number of hydrogen-bond acceptors (Lipinski definition) is 5. The third-order valence-corrected chi connectivity index (χ3v) is 6.06. The lowest BCUT2D eigenvalue weighted by Crippen LogP contribution is -2.48. The van der Waals surface area contributed by atoms with Gasteiger partial charge in [-0.05, 0) is 30.5 Å². The summed E-state index contributed by atoms with van der Waals surface area (Å²) in [6, 6.07) is 8.56. The summed E-state index contributed by atoms with van der Waals surface area (Å²) in [4.78, 5) is 42.8. The third kappa shape index (κ3) is 4.01. The molecule has 32 heavy (non-hydrogen) atoms. The van der Waals surface area contributed by atoms with Crippen molar-refractivity contribution in [1.82, 2.24) is 19.4 Å². The molecule has 0 unspecified atom stereocenters. The molecule has 0 saturated carbocycles. The first-order valence-corrected chi connectivity index (χ1v) is 10.5. The molecule has 0 radical (unpaired) electrons. The number of aromatic nitrogens is 3. The number of imidazole rings is 1. The number of carbonyl (C=O) groups excluding carboxylic acids is 1. The Hall–Kier alpha value is -3.53. The van der Waals surface area contributed by atoms with Gasteiger partial charge in [-0.1, -0.05) is 29.8 Å². The Morgan fingerprint density at radius 2 is 2.09 bits per heavy atom. The van der Waals surface area contributed by atoms with Crippen LogP contribution in [0.15, 0.2) is 35.1 Å². The molecule has 1 aliphatic heterocycles. The number of nitrogens with one attached hydrogen (secondary N) is 1. The van der Waals surface area contributed by atoms with Crippen molar-refractivity contribution in [1.29, 1.82) is 0 Å². The normalized spacial score (nSPS) is 16.3. The number of carboxylic acid groups (broad SMARTS) is 1. The average molecular weight is 459 g/mol. The Kier molecular flexibility index (Phi) is 5.79. The number of nitrogens with two attached hydrogens (primary N) is 1. The highest BCUT2D eigenvalue weighted by atomic mass is 35.5. The number of amides is 2. The zero-order chi connectivity index (χ0) is 23.0. The molecule has 0 aliphatic carbocycles. The molecule has 1 atom stereocenters. The molecule has 1 saturated heterocycles. The van der Waals surface area contributed by atoms with Gasteiger partial charge in [0.15, 0.2) is 0 Å². The van der Waals surface area contributed by atoms with E-state index >= 15 is 0 Å². The van der Waals surface area contributed by atoms with Crippen LogP contribution in [0.2, 0.25) is 5.02 Å². The number of pyridine rings is 1. The number of benzene rings is 1. The van der Waals surface area contributed by atoms with E-state index in [4.69, 9.17) is 22.4 Å². The van der Waals surface area contributed by atoms with Gasteiger partial charge >= 0.3 is 6.09 Å². The van der Waals surface area contributed by atoms with Gasteiger partial charge < -0.3 is 30.2 Å². The van der Waals surface area contributed by atoms with E-state index in [0.717, 1.165) is 12.0 Å². The second-order valence-electron chi connectivity index (χ2n) is 7.82. The number of anilines is 1. The lowest BCUT2D eigenvalue weighted by Gasteiger charge is -2.33. The number of fused-ring (bicyclic) bond motifs is 1. The van der Waals surface area contributed by atoms with Crippen molar-refractivity contribution in [3.8, 4) is 0 Å². The van der Waals surface area contributed by atoms with Crippen molar-refractivity contribution in [2.75, 3.05) is 18.0 Å². The number of nitrogens with zero attached hydrogens (tertiary/aromatic N) is 4. The minimum Gasteiger partial charge on any atom is -0.465 e. The van der Waals surface area contributed by atoms with E-state index in [9.17, 15) is 14.4 Å². The Morgan fingerprint density at radius 1 is 1.34 bits per heavy atom. The number of hydrogen-bond donors (Lipinski definition) is 3. The van der Waals surface area contributed by atoms with Gasteiger partial charge in [0, 0.05) is 31.2 Å². The van der Waals surface area contributed by atoms with E-state index < -0.39 is 17.6 Å². The molecule has 3 heterocycles. The molecular weight excluding hydrogens is 436 g/mol. The molecule has 1 fully saturated rings. The quantitative estimate of drug-likeness (QED) is 0.533. The Morgan fingerprint density at radius 3 is 2.78 bits per heavy atom. The largest absolute Gasteiger partial charge is 0.465 e. The van der Waals surface area contributed by atoms with Crippen LogP contribution >= 0.6 is 11.6 Å². The number of halogens is 1. The molecule has 2 amide bonds. The smallest absolute Gasteiger partial charge is 0.404 e. The topological polar surface area (TPSA) is 135 Å². The molecule has 168 valence electrons. The maximum absolute atomic E-state index is 13.2. The summed E-state index contributed by atoms with van der Waals surface area (Å²) in [6.45, 7) is 1.33. The third-order valence-electron chi connectivity index (χ3n) is 5.69. The highest BCUT2D eigenvalue weighted by Crippen LogP contribution is 2.27. The van der Waals surface area contributed by atoms with E-state index in [-0.39, 0.29) is 18.3 Å². The number of piperidine rings is 1. The van der Waals surface area contributed by atoms with Crippen molar-refractivity contribution in [3.63, 3.8) is 0 Å². The van der Waals surface area contributed by atoms with Crippen molar-refractivity contribution in [2.45, 2.75) is 25.4 Å². The molecule has 2 aromatic heterocycles. The minimum atomic E-state index is -1.08. The molecule has 1 aromatic carbocycles. The zero-order valence-corrected chi connectivity index (χ0v) is 18.2. The van der Waals surface area contributed by atoms with E-state index in [2.05, 4.69) is 10.3 Å². The molecule has 4 N–H and O–H groups in total. The monoisotopic (exact) mass is 458 g/mol. The van der Waals surface area contributed by atoms with Gasteiger partial charge in [-0.15, -0.1) is 0 Å². The second-order valence-corrected chi connectivity index (χ2v) is 8.22. The molecule has 1 aliphatic rings. The van der Waals surface area contributed by atoms with Crippen LogP contribution in [-0.4, -0.2) is 50.4 Å². The summed E-state index contributed by atoms with van der Waals surface area (Å²) < 4.78 is 2.98. The van der Waals surface area contributed by atoms with Crippen molar-refractivity contribution >= 4 is 40.6 Å². The number of carbonyl (C=O) groups is 2. The van der Waals surface area contributed by atoms with Gasteiger partial charge in [0.05, 0.1) is 12.1 Å². The fourth-order valence-corrected chi connectivity index (χ4v) is 4.35. The highest BCUT2D eigenvalue weighted by Gasteiger charge is 2.27. The molecule has 4 rings (SSSR count). The zero-order valence-electron chi connectivity index (χ0n) is 17.4. The molecule has 10 nitrogen and oxygen atoms in total. The van der Waals surface area contributed by atoms with Gasteiger partial charge in [0.1, 0.15) is 11.2 Å². The second kappa shape index (κ2) is 8.54. The lowest BCUT2D eigenvalue weighted by molar-refractivity contribution is 0.0991. The summed E-state index contributed by atoms with van der Waals surface area (Å²) in [6.07, 6.45) is 0.382. The minimum absolute atomic E-state index is 0.0560. The van der Waals surface area contributed by atoms with E-state index in [1.807, 2.05) is 23.1 Å². The number of primary amides is 1. The van der Waals surface area contributed by atoms with Crippen LogP contribution in [0.1, 0.15) is 28.9 Å². The van der Waals surface area contributed by atoms with Gasteiger partial charge in [-0.25, -0.2) is 9.78 Å². The van der Waals surface area contributed by atoms with Gasteiger partial charge in [0.2, 0.25) is 5.95 Å². The lowest BCUT2D eigenvalue weighted by atomic mass is 10.1. The first-order chi connectivity index (χ1) is 15.3. The summed E-state index contributed by atoms with van der Waals surface area (Å²) in [7, 11) is 1.49. The van der Waals surface area contributed by atoms with Crippen molar-refractivity contribution in [3.05, 3.63) is 57.0 Å². The van der Waals surface area contributed by atoms with Crippen LogP contribution in [0.4, 0.5) is 10.7 Å². The maximum Gasteiger partial charge on any atom is 0.404 e. The molecule has 0 bridgehead atoms. The van der Waals surface area contributed by atoms with E-state index in [1.54, 1.807) is 10.6 Å². The Balaban J connectivity index is 1.88. The van der Waals surface area contributed by atoms with Crippen molar-refractivity contribution in [2.24, 2.45) is 12.8 Å². The fourth-order valence-electron chi connectivity index (χ4n) is 4.16. The van der Waals surface area contributed by atoms with Crippen LogP contribution in [0, 0.1) is 0 Å². The first-order valence-electron chi connectivity index (χ1n) is 10.1. The van der Waals surface area contributed by atoms with Gasteiger partial charge in [0.25, 0.3) is 11.5 Å². The van der Waals surface area contributed by atoms with E-state index in [1.165, 1.54) is 17.7 Å². The predicted octanol–water partition coefficient (Wildman–Crippen LogP) is 1.77. The predicted molar refractivity (Wildman–Crippen MR) is 120 cm³/mol. The van der Waals surface area contributed by atoms with Crippen LogP contribution in [0.3, 0.4) is 0 Å². The highest BCUT2D eigenvalue weighted by molar-refractivity contribution is 6.31. The van der Waals surface area contributed by atoms with Crippen LogP contribution < -0.4 is 21.5 Å². The van der Waals surface area contributed by atoms with Crippen LogP contribution in [0.25, 0.3) is 11.0 Å². The summed E-state index contributed by atoms with van der Waals surface area (Å²) in [5, 5.41) is 12.2. The summed E-state index contributed by atoms with van der Waals surface area (Å²) in [5.41, 5.74) is 6.56. The van der Waals surface area contributed by atoms with Gasteiger partial charge in [-0.3, -0.25) is 9.59 Å². The Bertz CT molecular complexity index is 1270. The Labute approximate surface area is 188 Å². The molecule has 11 heteroatoms. The molecular formula is C21H23ClN6O4. The van der Waals surface area contributed by atoms with Crippen LogP contribution in [0.5, 0.6) is 0 Å². The summed E-state index contributed by atoms with van der Waals surface area (Å²) in [5.74, 6) is -0.215. The van der Waals surface area contributed by atoms with E-state index in [0.29, 0.717) is 41.5 Å². The fraction of sp³-hybridized carbons (Fsp3) is 0.333. The SMILES string of the molecule is Cn1c(C(N)=O)cc2nc(N3CCC[C@@H](NC(=O)O)C3)n(Cc3ccccc3Cl)c2c1=O. The summed E-state index contributed by atoms with van der Waals surface area (Å²) >= 11 is 6.38. The maximum atomic E-state index is 13.2. The van der Waals surface area contributed by atoms with Crippen molar-refractivity contribution < 1.29 is 14.7 Å². The standard InChI is InChI=1S/C21H23ClN6O4/c1-26-16(18(23)29)9-15-17(19(26)30)28(10-12-5-2-3-7-14(12)22)20(25-15)27-8-4-6-13(11-27)24-21(31)32/h2-3,5,7,9,13,24H,4,6,8,10-11H2,1H3,(H2,23,29)(H,31,32)/t13-/m1/s1. The first kappa shape index (κ1) is 21.7. The van der Waals surface area contributed by atoms with Crippen LogP contribution in [-0.2, 0) is 13.6 Å². The van der Waals surface area contributed by atoms with Gasteiger partial charge in [-0.2, -0.15) is 0 Å². The average Bonchev–Trinajstić information content (AvgIpc) is 3.10. The molecule has 0 spiro atoms. The molecule has 3 aromatic rings. The number of rotatable bonds is 5.